The Hall–Kier alpha value is 0.250. The van der Waals surface area contributed by atoms with Gasteiger partial charge >= 0.3 is 0 Å². The van der Waals surface area contributed by atoms with Gasteiger partial charge in [0, 0.05) is 0 Å². The van der Waals surface area contributed by atoms with Crippen LogP contribution in [0.5, 0.6) is 0 Å². The lowest BCUT2D eigenvalue weighted by molar-refractivity contribution is -0.140. The highest BCUT2D eigenvalue weighted by molar-refractivity contribution is 5.85. The third-order valence-electron chi connectivity index (χ3n) is 5.17. The van der Waals surface area contributed by atoms with Crippen LogP contribution in [-0.4, -0.2) is 6.54 Å². The van der Waals surface area contributed by atoms with Gasteiger partial charge in [-0.2, -0.15) is 0 Å². The SMILES string of the molecule is C[C@]12CC3CC(CN)(C1)C[C@@](C)(C3)C2.Cl. The van der Waals surface area contributed by atoms with Crippen LogP contribution >= 0.6 is 12.4 Å². The Morgan fingerprint density at radius 3 is 1.93 bits per heavy atom. The van der Waals surface area contributed by atoms with E-state index in [-0.39, 0.29) is 12.4 Å². The monoisotopic (exact) mass is 229 g/mol. The molecule has 0 saturated heterocycles. The van der Waals surface area contributed by atoms with E-state index in [1.807, 2.05) is 0 Å². The molecule has 0 amide bonds. The van der Waals surface area contributed by atoms with Crippen LogP contribution in [0.15, 0.2) is 0 Å². The van der Waals surface area contributed by atoms with Crippen molar-refractivity contribution in [1.29, 1.82) is 0 Å². The molecule has 0 radical (unpaired) electrons. The molecule has 4 rings (SSSR count). The first kappa shape index (κ1) is 11.7. The number of hydrogen-bond donors (Lipinski definition) is 1. The maximum Gasteiger partial charge on any atom is -0.00200 e. The maximum atomic E-state index is 6.05. The fourth-order valence-corrected chi connectivity index (χ4v) is 5.91. The summed E-state index contributed by atoms with van der Waals surface area (Å²) >= 11 is 0. The van der Waals surface area contributed by atoms with Gasteiger partial charge in [-0.25, -0.2) is 0 Å². The van der Waals surface area contributed by atoms with Crippen LogP contribution in [0, 0.1) is 22.2 Å². The van der Waals surface area contributed by atoms with E-state index in [1.165, 1.54) is 38.5 Å². The van der Waals surface area contributed by atoms with Gasteiger partial charge in [0.15, 0.2) is 0 Å². The summed E-state index contributed by atoms with van der Waals surface area (Å²) < 4.78 is 0. The van der Waals surface area contributed by atoms with Gasteiger partial charge in [0.25, 0.3) is 0 Å². The highest BCUT2D eigenvalue weighted by atomic mass is 35.5. The lowest BCUT2D eigenvalue weighted by Crippen LogP contribution is -2.57. The summed E-state index contributed by atoms with van der Waals surface area (Å²) in [5.41, 5.74) is 7.88. The van der Waals surface area contributed by atoms with Crippen molar-refractivity contribution in [2.45, 2.75) is 52.4 Å². The Morgan fingerprint density at radius 2 is 1.53 bits per heavy atom. The molecule has 0 heterocycles. The van der Waals surface area contributed by atoms with E-state index >= 15 is 0 Å². The van der Waals surface area contributed by atoms with Crippen LogP contribution in [0.3, 0.4) is 0 Å². The molecule has 2 unspecified atom stereocenters. The van der Waals surface area contributed by atoms with Crippen LogP contribution in [0.4, 0.5) is 0 Å². The van der Waals surface area contributed by atoms with Crippen molar-refractivity contribution in [1.82, 2.24) is 0 Å². The molecule has 4 saturated carbocycles. The molecule has 0 aromatic carbocycles. The minimum atomic E-state index is 0. The van der Waals surface area contributed by atoms with Crippen molar-refractivity contribution >= 4 is 12.4 Å². The summed E-state index contributed by atoms with van der Waals surface area (Å²) in [5.74, 6) is 1.00. The van der Waals surface area contributed by atoms with E-state index in [0.717, 1.165) is 12.5 Å². The maximum absolute atomic E-state index is 6.05. The molecular formula is C13H24ClN. The molecule has 88 valence electrons. The van der Waals surface area contributed by atoms with E-state index in [0.29, 0.717) is 16.2 Å². The zero-order valence-corrected chi connectivity index (χ0v) is 10.8. The summed E-state index contributed by atoms with van der Waals surface area (Å²) in [6.07, 6.45) is 8.73. The van der Waals surface area contributed by atoms with Gasteiger partial charge in [-0.3, -0.25) is 0 Å². The van der Waals surface area contributed by atoms with E-state index in [4.69, 9.17) is 5.73 Å². The van der Waals surface area contributed by atoms with Crippen LogP contribution in [0.2, 0.25) is 0 Å². The Balaban J connectivity index is 0.000000853. The zero-order valence-electron chi connectivity index (χ0n) is 10.0. The number of nitrogens with two attached hydrogens (primary N) is 1. The molecule has 0 aromatic heterocycles. The third-order valence-corrected chi connectivity index (χ3v) is 5.17. The molecule has 2 N–H and O–H groups in total. The van der Waals surface area contributed by atoms with Gasteiger partial charge in [0.2, 0.25) is 0 Å². The van der Waals surface area contributed by atoms with Gasteiger partial charge in [-0.1, -0.05) is 13.8 Å². The Bertz CT molecular complexity index is 258. The summed E-state index contributed by atoms with van der Waals surface area (Å²) in [6.45, 7) is 5.97. The van der Waals surface area contributed by atoms with Gasteiger partial charge in [-0.15, -0.1) is 12.4 Å². The molecule has 0 spiro atoms. The molecule has 2 heteroatoms. The molecule has 4 atom stereocenters. The Kier molecular flexibility index (Phi) is 2.45. The minimum absolute atomic E-state index is 0. The van der Waals surface area contributed by atoms with Crippen LogP contribution in [-0.2, 0) is 0 Å². The second-order valence-corrected chi connectivity index (χ2v) is 7.33. The van der Waals surface area contributed by atoms with Gasteiger partial charge in [-0.05, 0) is 67.2 Å². The molecule has 15 heavy (non-hydrogen) atoms. The molecule has 1 nitrogen and oxygen atoms in total. The van der Waals surface area contributed by atoms with Crippen LogP contribution < -0.4 is 5.73 Å². The molecule has 4 aliphatic rings. The Morgan fingerprint density at radius 1 is 1.00 bits per heavy atom. The van der Waals surface area contributed by atoms with Crippen molar-refractivity contribution in [3.63, 3.8) is 0 Å². The minimum Gasteiger partial charge on any atom is -0.330 e. The number of halogens is 1. The lowest BCUT2D eigenvalue weighted by atomic mass is 9.40. The van der Waals surface area contributed by atoms with Crippen molar-refractivity contribution in [3.8, 4) is 0 Å². The summed E-state index contributed by atoms with van der Waals surface area (Å²) in [5, 5.41) is 0. The quantitative estimate of drug-likeness (QED) is 0.733. The van der Waals surface area contributed by atoms with E-state index in [2.05, 4.69) is 13.8 Å². The standard InChI is InChI=1S/C13H23N.ClH/c1-11-3-10-4-12(2,6-11)8-13(5-10,7-11)9-14;/h10H,3-9,14H2,1-2H3;1H/t10?,11-,12+,13?;. The van der Waals surface area contributed by atoms with E-state index < -0.39 is 0 Å². The Labute approximate surface area is 99.6 Å². The first-order valence-electron chi connectivity index (χ1n) is 6.17. The van der Waals surface area contributed by atoms with E-state index in [1.54, 1.807) is 0 Å². The number of hydrogen-bond acceptors (Lipinski definition) is 1. The lowest BCUT2D eigenvalue weighted by Gasteiger charge is -2.65. The molecule has 0 aliphatic heterocycles. The van der Waals surface area contributed by atoms with Crippen molar-refractivity contribution in [2.75, 3.05) is 6.54 Å². The highest BCUT2D eigenvalue weighted by Crippen LogP contribution is 2.69. The summed E-state index contributed by atoms with van der Waals surface area (Å²) in [6, 6.07) is 0. The average Bonchev–Trinajstić information content (AvgIpc) is 1.97. The normalized spacial score (nSPS) is 56.6. The average molecular weight is 230 g/mol. The first-order chi connectivity index (χ1) is 6.47. The smallest absolute Gasteiger partial charge is 0.00200 e. The van der Waals surface area contributed by atoms with Gasteiger partial charge in [0.05, 0.1) is 0 Å². The fraction of sp³-hybridized carbons (Fsp3) is 1.00. The van der Waals surface area contributed by atoms with Gasteiger partial charge < -0.3 is 5.73 Å². The van der Waals surface area contributed by atoms with Crippen LogP contribution in [0.1, 0.15) is 52.4 Å². The van der Waals surface area contributed by atoms with Gasteiger partial charge in [0.1, 0.15) is 0 Å². The topological polar surface area (TPSA) is 26.0 Å². The molecule has 4 fully saturated rings. The predicted molar refractivity (Wildman–Crippen MR) is 66.1 cm³/mol. The second-order valence-electron chi connectivity index (χ2n) is 7.33. The molecule has 0 aromatic rings. The van der Waals surface area contributed by atoms with E-state index in [9.17, 15) is 0 Å². The van der Waals surface area contributed by atoms with Crippen molar-refractivity contribution < 1.29 is 0 Å². The zero-order chi connectivity index (χ0) is 10.0. The third kappa shape index (κ3) is 1.63. The predicted octanol–water partition coefficient (Wildman–Crippen LogP) is 3.36. The largest absolute Gasteiger partial charge is 0.330 e. The second kappa shape index (κ2) is 3.13. The van der Waals surface area contributed by atoms with Crippen molar-refractivity contribution in [2.24, 2.45) is 27.9 Å². The number of rotatable bonds is 1. The summed E-state index contributed by atoms with van der Waals surface area (Å²) in [4.78, 5) is 0. The molecular weight excluding hydrogens is 206 g/mol. The fourth-order valence-electron chi connectivity index (χ4n) is 5.91. The first-order valence-corrected chi connectivity index (χ1v) is 6.17. The van der Waals surface area contributed by atoms with Crippen molar-refractivity contribution in [3.05, 3.63) is 0 Å². The highest BCUT2D eigenvalue weighted by Gasteiger charge is 2.59. The molecule has 4 bridgehead atoms. The molecule has 4 aliphatic carbocycles. The summed E-state index contributed by atoms with van der Waals surface area (Å²) in [7, 11) is 0. The van der Waals surface area contributed by atoms with Crippen LogP contribution in [0.25, 0.3) is 0 Å².